The first kappa shape index (κ1) is 24.5. The number of carbonyl (C=O) groups is 2. The molecule has 3 rings (SSSR count). The minimum absolute atomic E-state index is 0.0771. The summed E-state index contributed by atoms with van der Waals surface area (Å²) < 4.78 is 0. The Bertz CT molecular complexity index is 1130. The van der Waals surface area contributed by atoms with E-state index in [4.69, 9.17) is 16.7 Å². The van der Waals surface area contributed by atoms with Crippen molar-refractivity contribution in [3.8, 4) is 11.1 Å². The Hall–Kier alpha value is -3.19. The number of aliphatic hydroxyl groups excluding tert-OH is 1. The fraction of sp³-hybridized carbons (Fsp3) is 0.231. The lowest BCUT2D eigenvalue weighted by Gasteiger charge is -2.18. The molecule has 0 saturated carbocycles. The van der Waals surface area contributed by atoms with Gasteiger partial charge in [0.2, 0.25) is 0 Å². The van der Waals surface area contributed by atoms with Crippen LogP contribution < -0.4 is 10.6 Å². The molecule has 0 aliphatic heterocycles. The van der Waals surface area contributed by atoms with Crippen molar-refractivity contribution in [2.24, 2.45) is 0 Å². The zero-order valence-corrected chi connectivity index (χ0v) is 19.1. The zero-order valence-electron chi connectivity index (χ0n) is 18.3. The number of aliphatic carboxylic acids is 1. The van der Waals surface area contributed by atoms with Gasteiger partial charge in [-0.1, -0.05) is 66.2 Å². The average molecular weight is 467 g/mol. The molecule has 1 unspecified atom stereocenters. The Balaban J connectivity index is 1.78. The summed E-state index contributed by atoms with van der Waals surface area (Å²) in [7, 11) is 0. The lowest BCUT2D eigenvalue weighted by atomic mass is 9.93. The predicted octanol–water partition coefficient (Wildman–Crippen LogP) is 3.82. The van der Waals surface area contributed by atoms with Crippen molar-refractivity contribution in [1.82, 2.24) is 10.6 Å². The van der Waals surface area contributed by atoms with E-state index in [0.717, 1.165) is 27.8 Å². The summed E-state index contributed by atoms with van der Waals surface area (Å²) in [5.41, 5.74) is 5.20. The third-order valence-electron chi connectivity index (χ3n) is 5.42. The van der Waals surface area contributed by atoms with Gasteiger partial charge >= 0.3 is 5.97 Å². The Kier molecular flexibility index (Phi) is 8.60. The Morgan fingerprint density at radius 2 is 1.73 bits per heavy atom. The first-order valence-electron chi connectivity index (χ1n) is 10.7. The first-order chi connectivity index (χ1) is 15.9. The number of nitrogens with one attached hydrogen (secondary N) is 2. The number of benzene rings is 3. The van der Waals surface area contributed by atoms with Crippen LogP contribution in [-0.4, -0.2) is 41.3 Å². The third-order valence-corrected chi connectivity index (χ3v) is 5.75. The second-order valence-corrected chi connectivity index (χ2v) is 8.15. The molecule has 0 fully saturated rings. The molecule has 33 heavy (non-hydrogen) atoms. The molecule has 3 aromatic carbocycles. The molecule has 0 aromatic heterocycles. The van der Waals surface area contributed by atoms with E-state index in [1.165, 1.54) is 0 Å². The maximum absolute atomic E-state index is 12.6. The number of hydrogen-bond donors (Lipinski definition) is 4. The summed E-state index contributed by atoms with van der Waals surface area (Å²) in [6.07, 6.45) is 0.150. The number of carboxylic acids is 1. The van der Waals surface area contributed by atoms with E-state index in [-0.39, 0.29) is 23.6 Å². The van der Waals surface area contributed by atoms with Crippen LogP contribution in [0.4, 0.5) is 0 Å². The number of halogens is 1. The van der Waals surface area contributed by atoms with E-state index in [2.05, 4.69) is 10.6 Å². The van der Waals surface area contributed by atoms with Gasteiger partial charge in [-0.3, -0.25) is 4.79 Å². The summed E-state index contributed by atoms with van der Waals surface area (Å²) in [4.78, 5) is 24.4. The van der Waals surface area contributed by atoms with Crippen LogP contribution >= 0.6 is 11.6 Å². The van der Waals surface area contributed by atoms with Crippen LogP contribution in [0.3, 0.4) is 0 Å². The van der Waals surface area contributed by atoms with Crippen molar-refractivity contribution < 1.29 is 19.8 Å². The van der Waals surface area contributed by atoms with Crippen LogP contribution in [0.15, 0.2) is 66.7 Å². The molecule has 4 N–H and O–H groups in total. The molecule has 0 heterocycles. The largest absolute Gasteiger partial charge is 0.480 e. The summed E-state index contributed by atoms with van der Waals surface area (Å²) in [6, 6.07) is 19.3. The second-order valence-electron chi connectivity index (χ2n) is 7.75. The maximum atomic E-state index is 12.6. The van der Waals surface area contributed by atoms with Gasteiger partial charge in [0.15, 0.2) is 0 Å². The summed E-state index contributed by atoms with van der Waals surface area (Å²) in [5, 5.41) is 24.7. The summed E-state index contributed by atoms with van der Waals surface area (Å²) >= 11 is 6.07. The molecular formula is C26H27ClN2O4. The van der Waals surface area contributed by atoms with Crippen molar-refractivity contribution in [3.05, 3.63) is 94.0 Å². The molecule has 0 bridgehead atoms. The standard InChI is InChI=1S/C26H27ClN2O4/c1-17-14-19(21-7-3-2-6-20(21)16-28-12-13-30)11-10-18(17)15-24(26(32)33)29-25(31)22-8-4-5-9-23(22)27/h2-11,14,24,28,30H,12-13,15-16H2,1H3,(H,29,31)(H,32,33). The van der Waals surface area contributed by atoms with Crippen molar-refractivity contribution in [2.75, 3.05) is 13.2 Å². The van der Waals surface area contributed by atoms with Crippen LogP contribution in [0.2, 0.25) is 5.02 Å². The maximum Gasteiger partial charge on any atom is 0.326 e. The Morgan fingerprint density at radius 1 is 1.00 bits per heavy atom. The highest BCUT2D eigenvalue weighted by Gasteiger charge is 2.23. The van der Waals surface area contributed by atoms with Gasteiger partial charge in [-0.25, -0.2) is 4.79 Å². The van der Waals surface area contributed by atoms with E-state index < -0.39 is 17.9 Å². The highest BCUT2D eigenvalue weighted by molar-refractivity contribution is 6.33. The van der Waals surface area contributed by atoms with E-state index in [9.17, 15) is 14.7 Å². The fourth-order valence-electron chi connectivity index (χ4n) is 3.65. The van der Waals surface area contributed by atoms with E-state index >= 15 is 0 Å². The molecule has 0 saturated heterocycles. The van der Waals surface area contributed by atoms with Gasteiger partial charge in [0.1, 0.15) is 6.04 Å². The van der Waals surface area contributed by atoms with E-state index in [1.54, 1.807) is 24.3 Å². The SMILES string of the molecule is Cc1cc(-c2ccccc2CNCCO)ccc1CC(NC(=O)c1ccccc1Cl)C(=O)O. The quantitative estimate of drug-likeness (QED) is 0.340. The van der Waals surface area contributed by atoms with Gasteiger partial charge in [-0.05, 0) is 46.9 Å². The van der Waals surface area contributed by atoms with Crippen LogP contribution in [0.5, 0.6) is 0 Å². The first-order valence-corrected chi connectivity index (χ1v) is 11.1. The van der Waals surface area contributed by atoms with Crippen molar-refractivity contribution in [3.63, 3.8) is 0 Å². The van der Waals surface area contributed by atoms with E-state index in [0.29, 0.717) is 13.1 Å². The van der Waals surface area contributed by atoms with Crippen LogP contribution in [-0.2, 0) is 17.8 Å². The second kappa shape index (κ2) is 11.6. The van der Waals surface area contributed by atoms with Gasteiger partial charge < -0.3 is 20.8 Å². The molecule has 1 atom stereocenters. The number of rotatable bonds is 10. The monoisotopic (exact) mass is 466 g/mol. The summed E-state index contributed by atoms with van der Waals surface area (Å²) in [6.45, 7) is 3.16. The lowest BCUT2D eigenvalue weighted by molar-refractivity contribution is -0.139. The normalized spacial score (nSPS) is 11.7. The van der Waals surface area contributed by atoms with Gasteiger partial charge in [-0.2, -0.15) is 0 Å². The van der Waals surface area contributed by atoms with Crippen LogP contribution in [0, 0.1) is 6.92 Å². The van der Waals surface area contributed by atoms with Crippen molar-refractivity contribution >= 4 is 23.5 Å². The molecule has 0 aliphatic rings. The number of aliphatic hydroxyl groups is 1. The molecule has 0 radical (unpaired) electrons. The van der Waals surface area contributed by atoms with Crippen molar-refractivity contribution in [1.29, 1.82) is 0 Å². The zero-order chi connectivity index (χ0) is 23.8. The lowest BCUT2D eigenvalue weighted by Crippen LogP contribution is -2.42. The van der Waals surface area contributed by atoms with Crippen molar-refractivity contribution in [2.45, 2.75) is 25.9 Å². The Labute approximate surface area is 198 Å². The number of hydrogen-bond acceptors (Lipinski definition) is 4. The highest BCUT2D eigenvalue weighted by atomic mass is 35.5. The summed E-state index contributed by atoms with van der Waals surface area (Å²) in [5.74, 6) is -1.63. The van der Waals surface area contributed by atoms with Crippen LogP contribution in [0.1, 0.15) is 27.0 Å². The van der Waals surface area contributed by atoms with Gasteiger partial charge in [-0.15, -0.1) is 0 Å². The smallest absolute Gasteiger partial charge is 0.326 e. The predicted molar refractivity (Wildman–Crippen MR) is 129 cm³/mol. The molecule has 172 valence electrons. The van der Waals surface area contributed by atoms with Crippen LogP contribution in [0.25, 0.3) is 11.1 Å². The highest BCUT2D eigenvalue weighted by Crippen LogP contribution is 2.26. The molecule has 1 amide bonds. The van der Waals surface area contributed by atoms with Gasteiger partial charge in [0, 0.05) is 19.5 Å². The molecule has 3 aromatic rings. The molecule has 7 heteroatoms. The minimum Gasteiger partial charge on any atom is -0.480 e. The number of carbonyl (C=O) groups excluding carboxylic acids is 1. The third kappa shape index (κ3) is 6.42. The number of aryl methyl sites for hydroxylation is 1. The topological polar surface area (TPSA) is 98.7 Å². The molecule has 0 spiro atoms. The minimum atomic E-state index is -1.11. The molecular weight excluding hydrogens is 440 g/mol. The fourth-order valence-corrected chi connectivity index (χ4v) is 3.87. The number of carboxylic acid groups (broad SMARTS) is 1. The number of amides is 1. The van der Waals surface area contributed by atoms with Gasteiger partial charge in [0.25, 0.3) is 5.91 Å². The molecule has 6 nitrogen and oxygen atoms in total. The average Bonchev–Trinajstić information content (AvgIpc) is 2.80. The van der Waals surface area contributed by atoms with E-state index in [1.807, 2.05) is 49.4 Å². The van der Waals surface area contributed by atoms with Gasteiger partial charge in [0.05, 0.1) is 17.2 Å². The Morgan fingerprint density at radius 3 is 2.42 bits per heavy atom. The molecule has 0 aliphatic carbocycles.